The minimum Gasteiger partial charge on any atom is -0.463 e. The Labute approximate surface area is 165 Å². The van der Waals surface area contributed by atoms with Crippen molar-refractivity contribution in [1.29, 1.82) is 0 Å². The molecule has 1 aliphatic heterocycles. The molecule has 0 bridgehead atoms. The van der Waals surface area contributed by atoms with Crippen molar-refractivity contribution in [2.45, 2.75) is 40.3 Å². The van der Waals surface area contributed by atoms with Gasteiger partial charge in [0.05, 0.1) is 6.61 Å². The summed E-state index contributed by atoms with van der Waals surface area (Å²) in [6, 6.07) is 12.1. The van der Waals surface area contributed by atoms with Crippen LogP contribution in [0, 0.1) is 0 Å². The highest BCUT2D eigenvalue weighted by Crippen LogP contribution is 2.31. The number of hydrogen-bond acceptors (Lipinski definition) is 6. The summed E-state index contributed by atoms with van der Waals surface area (Å²) >= 11 is 0. The van der Waals surface area contributed by atoms with E-state index in [1.807, 2.05) is 57.2 Å². The Balaban J connectivity index is 1.81. The number of carbonyl (C=O) groups excluding carboxylic acids is 1. The summed E-state index contributed by atoms with van der Waals surface area (Å²) < 4.78 is 15.9. The lowest BCUT2D eigenvalue weighted by Gasteiger charge is -2.32. The molecular weight excluding hydrogens is 356 g/mol. The molecule has 28 heavy (non-hydrogen) atoms. The van der Waals surface area contributed by atoms with E-state index in [4.69, 9.17) is 14.2 Å². The largest absolute Gasteiger partial charge is 0.463 e. The lowest BCUT2D eigenvalue weighted by molar-refractivity contribution is -0.354. The number of esters is 1. The summed E-state index contributed by atoms with van der Waals surface area (Å²) in [7, 11) is 0. The quantitative estimate of drug-likeness (QED) is 0.532. The average molecular weight is 382 g/mol. The zero-order chi connectivity index (χ0) is 20.1. The number of nitrogens with one attached hydrogen (secondary N) is 2. The maximum atomic E-state index is 11.6. The summed E-state index contributed by atoms with van der Waals surface area (Å²) in [5.74, 6) is -0.356. The maximum absolute atomic E-state index is 11.6. The van der Waals surface area contributed by atoms with E-state index in [0.29, 0.717) is 12.3 Å². The number of anilines is 2. The first-order chi connectivity index (χ1) is 13.5. The zero-order valence-electron chi connectivity index (χ0n) is 16.6. The number of ether oxygens (including phenoxy) is 3. The van der Waals surface area contributed by atoms with E-state index in [1.54, 1.807) is 6.92 Å². The first-order valence-electron chi connectivity index (χ1n) is 9.36. The Morgan fingerprint density at radius 2 is 1.61 bits per heavy atom. The standard InChI is InChI=1S/C22H26N2O4/c1-5-26-21(25)12-14(2)23-19-10-6-9-18-17(19)8-7-11-20(18)24-15(3)13-22-27-16(4)28-22/h6-13,16,22-24H,5H2,1-4H3/b14-12+,15-13+. The van der Waals surface area contributed by atoms with Gasteiger partial charge < -0.3 is 24.8 Å². The van der Waals surface area contributed by atoms with Gasteiger partial charge in [-0.15, -0.1) is 0 Å². The molecule has 2 aromatic rings. The average Bonchev–Trinajstić information content (AvgIpc) is 2.61. The van der Waals surface area contributed by atoms with E-state index in [-0.39, 0.29) is 18.5 Å². The van der Waals surface area contributed by atoms with Gasteiger partial charge in [-0.05, 0) is 45.9 Å². The normalized spacial score (nSPS) is 19.9. The smallest absolute Gasteiger partial charge is 0.332 e. The molecule has 1 heterocycles. The number of fused-ring (bicyclic) bond motifs is 1. The molecular formula is C22H26N2O4. The number of benzene rings is 2. The van der Waals surface area contributed by atoms with E-state index in [0.717, 1.165) is 27.8 Å². The van der Waals surface area contributed by atoms with E-state index < -0.39 is 0 Å². The molecule has 0 atom stereocenters. The summed E-state index contributed by atoms with van der Waals surface area (Å²) in [6.07, 6.45) is 2.92. The molecule has 148 valence electrons. The second kappa shape index (κ2) is 8.91. The van der Waals surface area contributed by atoms with E-state index in [2.05, 4.69) is 16.7 Å². The molecule has 2 aromatic carbocycles. The first-order valence-corrected chi connectivity index (χ1v) is 9.36. The maximum Gasteiger partial charge on any atom is 0.332 e. The van der Waals surface area contributed by atoms with Crippen LogP contribution < -0.4 is 10.6 Å². The monoisotopic (exact) mass is 382 g/mol. The fraction of sp³-hybridized carbons (Fsp3) is 0.318. The van der Waals surface area contributed by atoms with Crippen LogP contribution in [0.25, 0.3) is 10.8 Å². The topological polar surface area (TPSA) is 68.8 Å². The Kier molecular flexibility index (Phi) is 6.34. The van der Waals surface area contributed by atoms with Crippen molar-refractivity contribution < 1.29 is 19.0 Å². The third-order valence-corrected chi connectivity index (χ3v) is 4.24. The summed E-state index contributed by atoms with van der Waals surface area (Å²) in [6.45, 7) is 7.82. The first kappa shape index (κ1) is 19.9. The van der Waals surface area contributed by atoms with Crippen LogP contribution in [0.5, 0.6) is 0 Å². The van der Waals surface area contributed by atoms with Gasteiger partial charge in [0.2, 0.25) is 0 Å². The van der Waals surface area contributed by atoms with Crippen molar-refractivity contribution in [3.8, 4) is 0 Å². The molecule has 6 heteroatoms. The molecule has 3 rings (SSSR count). The van der Waals surface area contributed by atoms with Gasteiger partial charge in [-0.1, -0.05) is 24.3 Å². The number of hydrogen-bond donors (Lipinski definition) is 2. The molecule has 0 aromatic heterocycles. The molecule has 2 N–H and O–H groups in total. The predicted octanol–water partition coefficient (Wildman–Crippen LogP) is 4.75. The van der Waals surface area contributed by atoms with Crippen LogP contribution in [-0.4, -0.2) is 25.2 Å². The van der Waals surface area contributed by atoms with Crippen molar-refractivity contribution in [1.82, 2.24) is 0 Å². The van der Waals surface area contributed by atoms with Crippen molar-refractivity contribution in [3.05, 3.63) is 59.9 Å². The van der Waals surface area contributed by atoms with Crippen molar-refractivity contribution >= 4 is 28.1 Å². The van der Waals surface area contributed by atoms with E-state index in [1.165, 1.54) is 6.08 Å². The molecule has 1 fully saturated rings. The molecule has 0 unspecified atom stereocenters. The van der Waals surface area contributed by atoms with Crippen LogP contribution in [0.1, 0.15) is 27.7 Å². The van der Waals surface area contributed by atoms with Crippen LogP contribution in [0.3, 0.4) is 0 Å². The third-order valence-electron chi connectivity index (χ3n) is 4.24. The van der Waals surface area contributed by atoms with Crippen LogP contribution >= 0.6 is 0 Å². The van der Waals surface area contributed by atoms with Gasteiger partial charge in [-0.2, -0.15) is 0 Å². The van der Waals surface area contributed by atoms with Crippen LogP contribution in [0.15, 0.2) is 59.9 Å². The molecule has 1 saturated heterocycles. The highest BCUT2D eigenvalue weighted by molar-refractivity contribution is 6.02. The second-order valence-corrected chi connectivity index (χ2v) is 6.59. The lowest BCUT2D eigenvalue weighted by Crippen LogP contribution is -2.37. The van der Waals surface area contributed by atoms with Crippen LogP contribution in [-0.2, 0) is 19.0 Å². The molecule has 0 aliphatic carbocycles. The van der Waals surface area contributed by atoms with Crippen LogP contribution in [0.4, 0.5) is 11.4 Å². The lowest BCUT2D eigenvalue weighted by atomic mass is 10.1. The van der Waals surface area contributed by atoms with Gasteiger partial charge in [0, 0.05) is 39.6 Å². The SMILES string of the molecule is CCOC(=O)/C=C(\C)Nc1cccc2c(N/C(C)=C/C3OC(C)O3)cccc12. The summed E-state index contributed by atoms with van der Waals surface area (Å²) in [5.41, 5.74) is 3.56. The van der Waals surface area contributed by atoms with Gasteiger partial charge in [-0.3, -0.25) is 0 Å². The third kappa shape index (κ3) is 4.91. The Morgan fingerprint density at radius 1 is 1.04 bits per heavy atom. The second-order valence-electron chi connectivity index (χ2n) is 6.59. The van der Waals surface area contributed by atoms with Crippen LogP contribution in [0.2, 0.25) is 0 Å². The van der Waals surface area contributed by atoms with Gasteiger partial charge >= 0.3 is 5.97 Å². The minimum absolute atomic E-state index is 0.147. The molecule has 6 nitrogen and oxygen atoms in total. The minimum atomic E-state index is -0.356. The van der Waals surface area contributed by atoms with Gasteiger partial charge in [0.25, 0.3) is 0 Å². The number of allylic oxidation sites excluding steroid dienone is 2. The van der Waals surface area contributed by atoms with Gasteiger partial charge in [0.1, 0.15) is 0 Å². The van der Waals surface area contributed by atoms with Crippen molar-refractivity contribution in [2.24, 2.45) is 0 Å². The molecule has 0 radical (unpaired) electrons. The zero-order valence-corrected chi connectivity index (χ0v) is 16.6. The summed E-state index contributed by atoms with van der Waals surface area (Å²) in [4.78, 5) is 11.6. The molecule has 0 amide bonds. The Bertz CT molecular complexity index is 914. The molecule has 0 saturated carbocycles. The van der Waals surface area contributed by atoms with Gasteiger partial charge in [0.15, 0.2) is 12.6 Å². The predicted molar refractivity (Wildman–Crippen MR) is 111 cm³/mol. The van der Waals surface area contributed by atoms with Crippen molar-refractivity contribution in [2.75, 3.05) is 17.2 Å². The Hall–Kier alpha value is -2.83. The molecule has 0 spiro atoms. The Morgan fingerprint density at radius 3 is 2.14 bits per heavy atom. The highest BCUT2D eigenvalue weighted by atomic mass is 16.9. The number of rotatable bonds is 7. The van der Waals surface area contributed by atoms with Crippen molar-refractivity contribution in [3.63, 3.8) is 0 Å². The van der Waals surface area contributed by atoms with E-state index in [9.17, 15) is 4.79 Å². The molecule has 1 aliphatic rings. The van der Waals surface area contributed by atoms with Gasteiger partial charge in [-0.25, -0.2) is 4.79 Å². The number of carbonyl (C=O) groups is 1. The fourth-order valence-corrected chi connectivity index (χ4v) is 3.06. The summed E-state index contributed by atoms with van der Waals surface area (Å²) in [5, 5.41) is 8.81. The fourth-order valence-electron chi connectivity index (χ4n) is 3.06. The van der Waals surface area contributed by atoms with E-state index >= 15 is 0 Å². The highest BCUT2D eigenvalue weighted by Gasteiger charge is 2.24.